The van der Waals surface area contributed by atoms with Crippen molar-refractivity contribution in [3.05, 3.63) is 63.6 Å². The Hall–Kier alpha value is -2.04. The maximum atomic E-state index is 12.1. The second-order valence-electron chi connectivity index (χ2n) is 5.01. The van der Waals surface area contributed by atoms with E-state index in [1.165, 1.54) is 0 Å². The second kappa shape index (κ2) is 7.99. The lowest BCUT2D eigenvalue weighted by Gasteiger charge is -2.11. The SMILES string of the molecule is Cc1ccc(/C=N\O[C@H](C)C(=O)Nc2cc(Cl)ccc2Cl)cc1. The van der Waals surface area contributed by atoms with Gasteiger partial charge in [0, 0.05) is 5.02 Å². The van der Waals surface area contributed by atoms with Crippen LogP contribution in [0.1, 0.15) is 18.1 Å². The van der Waals surface area contributed by atoms with E-state index >= 15 is 0 Å². The van der Waals surface area contributed by atoms with Crippen LogP contribution in [0.15, 0.2) is 47.6 Å². The van der Waals surface area contributed by atoms with Crippen LogP contribution >= 0.6 is 23.2 Å². The van der Waals surface area contributed by atoms with Crippen molar-refractivity contribution >= 4 is 41.0 Å². The number of oxime groups is 1. The molecule has 2 aromatic rings. The van der Waals surface area contributed by atoms with Crippen molar-refractivity contribution in [1.82, 2.24) is 0 Å². The fraction of sp³-hybridized carbons (Fsp3) is 0.176. The van der Waals surface area contributed by atoms with Crippen molar-refractivity contribution in [2.45, 2.75) is 20.0 Å². The Kier molecular flexibility index (Phi) is 6.02. The second-order valence-corrected chi connectivity index (χ2v) is 5.85. The summed E-state index contributed by atoms with van der Waals surface area (Å²) >= 11 is 11.9. The van der Waals surface area contributed by atoms with Crippen LogP contribution in [0.3, 0.4) is 0 Å². The molecule has 0 aromatic heterocycles. The van der Waals surface area contributed by atoms with Gasteiger partial charge in [-0.15, -0.1) is 0 Å². The fourth-order valence-corrected chi connectivity index (χ4v) is 2.05. The predicted octanol–water partition coefficient (Wildman–Crippen LogP) is 4.68. The monoisotopic (exact) mass is 350 g/mol. The van der Waals surface area contributed by atoms with E-state index in [0.29, 0.717) is 15.7 Å². The van der Waals surface area contributed by atoms with Crippen LogP contribution in [0, 0.1) is 6.92 Å². The number of amides is 1. The number of halogens is 2. The van der Waals surface area contributed by atoms with Gasteiger partial charge in [0.25, 0.3) is 5.91 Å². The lowest BCUT2D eigenvalue weighted by Crippen LogP contribution is -2.26. The summed E-state index contributed by atoms with van der Waals surface area (Å²) in [7, 11) is 0. The van der Waals surface area contributed by atoms with Crippen LogP contribution in [-0.4, -0.2) is 18.2 Å². The minimum Gasteiger partial charge on any atom is -0.383 e. The summed E-state index contributed by atoms with van der Waals surface area (Å²) in [6, 6.07) is 12.6. The Balaban J connectivity index is 1.92. The van der Waals surface area contributed by atoms with Gasteiger partial charge in [0.1, 0.15) is 0 Å². The van der Waals surface area contributed by atoms with Crippen LogP contribution in [0.4, 0.5) is 5.69 Å². The summed E-state index contributed by atoms with van der Waals surface area (Å²) in [6.07, 6.45) is 0.780. The minimum absolute atomic E-state index is 0.366. The van der Waals surface area contributed by atoms with E-state index in [4.69, 9.17) is 28.0 Å². The van der Waals surface area contributed by atoms with Crippen molar-refractivity contribution in [3.8, 4) is 0 Å². The molecular weight excluding hydrogens is 335 g/mol. The van der Waals surface area contributed by atoms with E-state index in [1.54, 1.807) is 31.3 Å². The van der Waals surface area contributed by atoms with Gasteiger partial charge in [-0.1, -0.05) is 58.2 Å². The van der Waals surface area contributed by atoms with Crippen LogP contribution in [0.25, 0.3) is 0 Å². The third kappa shape index (κ3) is 5.27. The summed E-state index contributed by atoms with van der Waals surface area (Å²) in [5.41, 5.74) is 2.48. The number of nitrogens with one attached hydrogen (secondary N) is 1. The van der Waals surface area contributed by atoms with Crippen LogP contribution in [0.2, 0.25) is 10.0 Å². The summed E-state index contributed by atoms with van der Waals surface area (Å²) < 4.78 is 0. The standard InChI is InChI=1S/C17H16Cl2N2O2/c1-11-3-5-13(6-4-11)10-20-23-12(2)17(22)21-16-9-14(18)7-8-15(16)19/h3-10,12H,1-2H3,(H,21,22)/b20-10-/t12-/m1/s1. The van der Waals surface area contributed by atoms with Crippen molar-refractivity contribution in [1.29, 1.82) is 0 Å². The molecule has 1 N–H and O–H groups in total. The van der Waals surface area contributed by atoms with Gasteiger partial charge in [-0.3, -0.25) is 4.79 Å². The van der Waals surface area contributed by atoms with Gasteiger partial charge >= 0.3 is 0 Å². The highest BCUT2D eigenvalue weighted by Crippen LogP contribution is 2.25. The van der Waals surface area contributed by atoms with Gasteiger partial charge in [-0.2, -0.15) is 0 Å². The van der Waals surface area contributed by atoms with Crippen molar-refractivity contribution < 1.29 is 9.63 Å². The van der Waals surface area contributed by atoms with Gasteiger partial charge in [-0.25, -0.2) is 0 Å². The highest BCUT2D eigenvalue weighted by atomic mass is 35.5. The molecule has 0 aliphatic carbocycles. The van der Waals surface area contributed by atoms with E-state index in [0.717, 1.165) is 11.1 Å². The molecule has 1 amide bonds. The van der Waals surface area contributed by atoms with Gasteiger partial charge < -0.3 is 10.2 Å². The van der Waals surface area contributed by atoms with Crippen LogP contribution < -0.4 is 5.32 Å². The predicted molar refractivity (Wildman–Crippen MR) is 94.4 cm³/mol. The Bertz CT molecular complexity index is 715. The number of hydrogen-bond donors (Lipinski definition) is 1. The summed E-state index contributed by atoms with van der Waals surface area (Å²) in [5, 5.41) is 7.36. The van der Waals surface area contributed by atoms with E-state index in [1.807, 2.05) is 31.2 Å². The van der Waals surface area contributed by atoms with Gasteiger partial charge in [0.2, 0.25) is 6.10 Å². The molecule has 1 atom stereocenters. The van der Waals surface area contributed by atoms with Gasteiger partial charge in [0.05, 0.1) is 16.9 Å². The number of benzene rings is 2. The minimum atomic E-state index is -0.772. The Labute approximate surface area is 145 Å². The molecule has 2 rings (SSSR count). The molecule has 120 valence electrons. The molecule has 0 radical (unpaired) electrons. The highest BCUT2D eigenvalue weighted by molar-refractivity contribution is 6.35. The van der Waals surface area contributed by atoms with Gasteiger partial charge in [0.15, 0.2) is 0 Å². The molecular formula is C17H16Cl2N2O2. The molecule has 0 spiro atoms. The largest absolute Gasteiger partial charge is 0.383 e. The first-order valence-corrected chi connectivity index (χ1v) is 7.73. The molecule has 0 saturated heterocycles. The number of anilines is 1. The van der Waals surface area contributed by atoms with E-state index in [2.05, 4.69) is 10.5 Å². The number of nitrogens with zero attached hydrogens (tertiary/aromatic N) is 1. The maximum absolute atomic E-state index is 12.1. The Morgan fingerprint density at radius 3 is 2.61 bits per heavy atom. The quantitative estimate of drug-likeness (QED) is 0.628. The first-order valence-electron chi connectivity index (χ1n) is 6.97. The Morgan fingerprint density at radius 1 is 1.22 bits per heavy atom. The first kappa shape index (κ1) is 17.3. The summed E-state index contributed by atoms with van der Waals surface area (Å²) in [4.78, 5) is 17.2. The molecule has 0 aliphatic heterocycles. The summed E-state index contributed by atoms with van der Waals surface area (Å²) in [6.45, 7) is 3.60. The molecule has 0 aliphatic rings. The molecule has 0 saturated carbocycles. The van der Waals surface area contributed by atoms with Crippen molar-refractivity contribution in [2.75, 3.05) is 5.32 Å². The normalized spacial score (nSPS) is 12.2. The van der Waals surface area contributed by atoms with Crippen LogP contribution in [0.5, 0.6) is 0 Å². The lowest BCUT2D eigenvalue weighted by molar-refractivity contribution is -0.126. The zero-order valence-electron chi connectivity index (χ0n) is 12.7. The molecule has 0 fully saturated rings. The Morgan fingerprint density at radius 2 is 1.91 bits per heavy atom. The van der Waals surface area contributed by atoms with E-state index in [-0.39, 0.29) is 5.91 Å². The molecule has 2 aromatic carbocycles. The van der Waals surface area contributed by atoms with Crippen molar-refractivity contribution in [3.63, 3.8) is 0 Å². The topological polar surface area (TPSA) is 50.7 Å². The lowest BCUT2D eigenvalue weighted by atomic mass is 10.2. The average Bonchev–Trinajstić information content (AvgIpc) is 2.52. The van der Waals surface area contributed by atoms with E-state index < -0.39 is 6.10 Å². The first-order chi connectivity index (χ1) is 11.0. The number of rotatable bonds is 5. The molecule has 0 heterocycles. The zero-order chi connectivity index (χ0) is 16.8. The fourth-order valence-electron chi connectivity index (χ4n) is 1.71. The number of hydrogen-bond acceptors (Lipinski definition) is 3. The number of carbonyl (C=O) groups excluding carboxylic acids is 1. The number of carbonyl (C=O) groups is 1. The zero-order valence-corrected chi connectivity index (χ0v) is 14.2. The number of aryl methyl sites for hydroxylation is 1. The highest BCUT2D eigenvalue weighted by Gasteiger charge is 2.15. The molecule has 6 heteroatoms. The summed E-state index contributed by atoms with van der Waals surface area (Å²) in [5.74, 6) is -0.366. The average molecular weight is 351 g/mol. The third-order valence-electron chi connectivity index (χ3n) is 3.05. The van der Waals surface area contributed by atoms with Crippen LogP contribution in [-0.2, 0) is 9.63 Å². The third-order valence-corrected chi connectivity index (χ3v) is 3.62. The van der Waals surface area contributed by atoms with E-state index in [9.17, 15) is 4.79 Å². The molecule has 4 nitrogen and oxygen atoms in total. The smallest absolute Gasteiger partial charge is 0.268 e. The van der Waals surface area contributed by atoms with Crippen molar-refractivity contribution in [2.24, 2.45) is 5.16 Å². The molecule has 23 heavy (non-hydrogen) atoms. The molecule has 0 unspecified atom stereocenters. The molecule has 0 bridgehead atoms. The maximum Gasteiger partial charge on any atom is 0.268 e. The van der Waals surface area contributed by atoms with Gasteiger partial charge in [-0.05, 0) is 37.6 Å².